The third-order valence-electron chi connectivity index (χ3n) is 3.98. The zero-order valence-corrected chi connectivity index (χ0v) is 13.1. The van der Waals surface area contributed by atoms with Gasteiger partial charge in [0.05, 0.1) is 0 Å². The van der Waals surface area contributed by atoms with Crippen LogP contribution in [0.3, 0.4) is 0 Å². The Labute approximate surface area is 125 Å². The van der Waals surface area contributed by atoms with E-state index in [2.05, 4.69) is 34.2 Å². The van der Waals surface area contributed by atoms with Crippen LogP contribution in [0, 0.1) is 13.8 Å². The molecular weight excluding hydrogens is 262 g/mol. The topological polar surface area (TPSA) is 55.6 Å². The SMILES string of the molecule is Cc1nc(-c2ccn(C)n2)nc(C)c1CCCNC1CC1. The Balaban J connectivity index is 1.69. The fourth-order valence-electron chi connectivity index (χ4n) is 2.61. The lowest BCUT2D eigenvalue weighted by atomic mass is 10.1. The molecule has 2 aromatic heterocycles. The van der Waals surface area contributed by atoms with Gasteiger partial charge in [-0.25, -0.2) is 9.97 Å². The second kappa shape index (κ2) is 5.93. The standard InChI is InChI=1S/C16H23N5/c1-11-14(5-4-9-17-13-6-7-13)12(2)19-16(18-11)15-8-10-21(3)20-15/h8,10,13,17H,4-7,9H2,1-3H3. The molecule has 0 spiro atoms. The fourth-order valence-corrected chi connectivity index (χ4v) is 2.61. The van der Waals surface area contributed by atoms with Gasteiger partial charge in [0.25, 0.3) is 0 Å². The van der Waals surface area contributed by atoms with Crippen molar-refractivity contribution in [3.05, 3.63) is 29.2 Å². The van der Waals surface area contributed by atoms with Crippen molar-refractivity contribution in [1.29, 1.82) is 0 Å². The molecule has 0 amide bonds. The lowest BCUT2D eigenvalue weighted by Crippen LogP contribution is -2.18. The molecule has 1 N–H and O–H groups in total. The van der Waals surface area contributed by atoms with Crippen molar-refractivity contribution < 1.29 is 0 Å². The highest BCUT2D eigenvalue weighted by molar-refractivity contribution is 5.49. The van der Waals surface area contributed by atoms with Crippen LogP contribution in [0.5, 0.6) is 0 Å². The second-order valence-electron chi connectivity index (χ2n) is 5.90. The first-order valence-electron chi connectivity index (χ1n) is 7.71. The summed E-state index contributed by atoms with van der Waals surface area (Å²) < 4.78 is 1.78. The maximum absolute atomic E-state index is 4.64. The van der Waals surface area contributed by atoms with Gasteiger partial charge in [0, 0.05) is 30.7 Å². The Morgan fingerprint density at radius 3 is 2.52 bits per heavy atom. The van der Waals surface area contributed by atoms with E-state index in [-0.39, 0.29) is 0 Å². The summed E-state index contributed by atoms with van der Waals surface area (Å²) in [6, 6.07) is 2.74. The molecule has 0 atom stereocenters. The van der Waals surface area contributed by atoms with E-state index in [9.17, 15) is 0 Å². The van der Waals surface area contributed by atoms with Gasteiger partial charge < -0.3 is 5.32 Å². The molecule has 0 radical (unpaired) electrons. The van der Waals surface area contributed by atoms with E-state index in [1.807, 2.05) is 19.3 Å². The van der Waals surface area contributed by atoms with Gasteiger partial charge >= 0.3 is 0 Å². The summed E-state index contributed by atoms with van der Waals surface area (Å²) in [6.07, 6.45) is 6.80. The molecule has 112 valence electrons. The zero-order chi connectivity index (χ0) is 14.8. The summed E-state index contributed by atoms with van der Waals surface area (Å²) in [4.78, 5) is 9.27. The largest absolute Gasteiger partial charge is 0.314 e. The van der Waals surface area contributed by atoms with Crippen LogP contribution in [0.4, 0.5) is 0 Å². The van der Waals surface area contributed by atoms with Crippen molar-refractivity contribution in [1.82, 2.24) is 25.1 Å². The molecule has 5 heteroatoms. The van der Waals surface area contributed by atoms with Crippen molar-refractivity contribution in [2.45, 2.75) is 45.6 Å². The van der Waals surface area contributed by atoms with E-state index < -0.39 is 0 Å². The Morgan fingerprint density at radius 2 is 1.95 bits per heavy atom. The number of rotatable bonds is 6. The van der Waals surface area contributed by atoms with Gasteiger partial charge in [-0.2, -0.15) is 5.10 Å². The average Bonchev–Trinajstić information content (AvgIpc) is 3.16. The van der Waals surface area contributed by atoms with E-state index in [1.165, 1.54) is 18.4 Å². The van der Waals surface area contributed by atoms with Crippen molar-refractivity contribution in [2.24, 2.45) is 7.05 Å². The number of aromatic nitrogens is 4. The molecule has 1 aliphatic rings. The predicted octanol–water partition coefficient (Wildman–Crippen LogP) is 2.18. The van der Waals surface area contributed by atoms with Crippen LogP contribution in [0.15, 0.2) is 12.3 Å². The number of nitrogens with one attached hydrogen (secondary N) is 1. The molecule has 5 nitrogen and oxygen atoms in total. The normalized spacial score (nSPS) is 14.6. The van der Waals surface area contributed by atoms with Crippen LogP contribution in [-0.2, 0) is 13.5 Å². The first kappa shape index (κ1) is 14.2. The zero-order valence-electron chi connectivity index (χ0n) is 13.1. The average molecular weight is 285 g/mol. The van der Waals surface area contributed by atoms with Gasteiger partial charge in [-0.15, -0.1) is 0 Å². The van der Waals surface area contributed by atoms with E-state index >= 15 is 0 Å². The third kappa shape index (κ3) is 3.47. The highest BCUT2D eigenvalue weighted by atomic mass is 15.3. The fraction of sp³-hybridized carbons (Fsp3) is 0.562. The molecule has 1 fully saturated rings. The molecule has 0 aliphatic heterocycles. The Hall–Kier alpha value is -1.75. The summed E-state index contributed by atoms with van der Waals surface area (Å²) in [5, 5.41) is 7.93. The van der Waals surface area contributed by atoms with Gasteiger partial charge in [0.2, 0.25) is 0 Å². The van der Waals surface area contributed by atoms with Gasteiger partial charge in [-0.05, 0) is 57.7 Å². The summed E-state index contributed by atoms with van der Waals surface area (Å²) >= 11 is 0. The number of nitrogens with zero attached hydrogens (tertiary/aromatic N) is 4. The summed E-state index contributed by atoms with van der Waals surface area (Å²) in [5.41, 5.74) is 4.28. The smallest absolute Gasteiger partial charge is 0.180 e. The van der Waals surface area contributed by atoms with Crippen LogP contribution >= 0.6 is 0 Å². The molecule has 21 heavy (non-hydrogen) atoms. The Kier molecular flexibility index (Phi) is 4.01. The van der Waals surface area contributed by atoms with Gasteiger partial charge in [0.1, 0.15) is 5.69 Å². The highest BCUT2D eigenvalue weighted by Gasteiger charge is 2.19. The van der Waals surface area contributed by atoms with Gasteiger partial charge in [-0.3, -0.25) is 4.68 Å². The molecule has 2 aromatic rings. The Bertz CT molecular complexity index is 604. The number of aryl methyl sites for hydroxylation is 3. The molecule has 0 unspecified atom stereocenters. The van der Waals surface area contributed by atoms with Crippen LogP contribution in [-0.4, -0.2) is 32.3 Å². The van der Waals surface area contributed by atoms with Gasteiger partial charge in [0.15, 0.2) is 5.82 Å². The monoisotopic (exact) mass is 285 g/mol. The van der Waals surface area contributed by atoms with Crippen molar-refractivity contribution in [3.63, 3.8) is 0 Å². The van der Waals surface area contributed by atoms with Crippen LogP contribution < -0.4 is 5.32 Å². The molecule has 3 rings (SSSR count). The minimum Gasteiger partial charge on any atom is -0.314 e. The minimum absolute atomic E-state index is 0.727. The quantitative estimate of drug-likeness (QED) is 0.827. The molecule has 0 bridgehead atoms. The van der Waals surface area contributed by atoms with Crippen LogP contribution in [0.1, 0.15) is 36.2 Å². The van der Waals surface area contributed by atoms with Crippen LogP contribution in [0.25, 0.3) is 11.5 Å². The predicted molar refractivity (Wildman–Crippen MR) is 83.1 cm³/mol. The molecule has 0 aromatic carbocycles. The Morgan fingerprint density at radius 1 is 1.24 bits per heavy atom. The number of hydrogen-bond donors (Lipinski definition) is 1. The number of hydrogen-bond acceptors (Lipinski definition) is 4. The van der Waals surface area contributed by atoms with Crippen molar-refractivity contribution in [2.75, 3.05) is 6.54 Å². The van der Waals surface area contributed by atoms with E-state index in [1.54, 1.807) is 4.68 Å². The van der Waals surface area contributed by atoms with Crippen molar-refractivity contribution >= 4 is 0 Å². The van der Waals surface area contributed by atoms with Crippen molar-refractivity contribution in [3.8, 4) is 11.5 Å². The summed E-state index contributed by atoms with van der Waals surface area (Å²) in [6.45, 7) is 5.24. The maximum atomic E-state index is 4.64. The minimum atomic E-state index is 0.727. The van der Waals surface area contributed by atoms with E-state index in [0.717, 1.165) is 48.3 Å². The van der Waals surface area contributed by atoms with E-state index in [4.69, 9.17) is 0 Å². The molecule has 2 heterocycles. The maximum Gasteiger partial charge on any atom is 0.180 e. The highest BCUT2D eigenvalue weighted by Crippen LogP contribution is 2.20. The molecule has 0 saturated heterocycles. The third-order valence-corrected chi connectivity index (χ3v) is 3.98. The molecule has 1 saturated carbocycles. The van der Waals surface area contributed by atoms with E-state index in [0.29, 0.717) is 0 Å². The first-order valence-corrected chi connectivity index (χ1v) is 7.71. The second-order valence-corrected chi connectivity index (χ2v) is 5.90. The molecule has 1 aliphatic carbocycles. The molecular formula is C16H23N5. The summed E-state index contributed by atoms with van der Waals surface area (Å²) in [7, 11) is 1.91. The first-order chi connectivity index (χ1) is 10.1. The lowest BCUT2D eigenvalue weighted by molar-refractivity contribution is 0.642. The van der Waals surface area contributed by atoms with Crippen LogP contribution in [0.2, 0.25) is 0 Å². The lowest BCUT2D eigenvalue weighted by Gasteiger charge is -2.10. The summed E-state index contributed by atoms with van der Waals surface area (Å²) in [5.74, 6) is 0.727. The van der Waals surface area contributed by atoms with Gasteiger partial charge in [-0.1, -0.05) is 0 Å².